The molecule has 5 atom stereocenters. The summed E-state index contributed by atoms with van der Waals surface area (Å²) in [5, 5.41) is 10.2. The van der Waals surface area contributed by atoms with Crippen molar-refractivity contribution in [3.8, 4) is 0 Å². The van der Waals surface area contributed by atoms with E-state index in [-0.39, 0.29) is 37.4 Å². The van der Waals surface area contributed by atoms with Gasteiger partial charge in [-0.25, -0.2) is 0 Å². The van der Waals surface area contributed by atoms with Crippen LogP contribution in [0.5, 0.6) is 0 Å². The van der Waals surface area contributed by atoms with Gasteiger partial charge in [-0.1, -0.05) is 55.0 Å². The van der Waals surface area contributed by atoms with Crippen molar-refractivity contribution in [1.29, 1.82) is 0 Å². The molecule has 35 heavy (non-hydrogen) atoms. The third-order valence-electron chi connectivity index (χ3n) is 7.94. The lowest BCUT2D eigenvalue weighted by Gasteiger charge is -2.38. The van der Waals surface area contributed by atoms with E-state index in [1.807, 2.05) is 44.2 Å². The number of benzene rings is 1. The van der Waals surface area contributed by atoms with Crippen molar-refractivity contribution in [3.05, 3.63) is 53.1 Å². The molecule has 1 aromatic carbocycles. The minimum atomic E-state index is -1.34. The minimum absolute atomic E-state index is 0.0360. The molecule has 1 spiro atoms. The predicted molar refractivity (Wildman–Crippen MR) is 131 cm³/mol. The fraction of sp³-hybridized carbons (Fsp3) is 0.500. The first-order valence-corrected chi connectivity index (χ1v) is 12.4. The van der Waals surface area contributed by atoms with E-state index in [0.717, 1.165) is 5.56 Å². The summed E-state index contributed by atoms with van der Waals surface area (Å²) >= 11 is 6.53. The fourth-order valence-corrected chi connectivity index (χ4v) is 6.72. The van der Waals surface area contributed by atoms with Crippen LogP contribution in [-0.4, -0.2) is 83.2 Å². The third kappa shape index (κ3) is 3.23. The van der Waals surface area contributed by atoms with Gasteiger partial charge in [-0.05, 0) is 25.0 Å². The standard InChI is InChI=1S/C26H30ClN3O5/c1-4-25-10-6-12-28(3)22(32)18(25)19-23(33)30(14-15-31)21-24(34)29(13-7-11-26(19,21)35-25)20-16(2)8-5-9-17(20)27/h5-11,18-19,21,31H,4,12-15H2,1-3H3/t18-,19-,21?,25+,26-/m0/s1. The molecule has 1 N–H and O–H groups in total. The van der Waals surface area contributed by atoms with E-state index in [1.54, 1.807) is 29.0 Å². The number of nitrogens with zero attached hydrogens (tertiary/aromatic N) is 3. The van der Waals surface area contributed by atoms with E-state index >= 15 is 0 Å². The summed E-state index contributed by atoms with van der Waals surface area (Å²) in [5.41, 5.74) is -0.946. The molecular formula is C26H30ClN3O5. The molecule has 8 nitrogen and oxygen atoms in total. The van der Waals surface area contributed by atoms with E-state index < -0.39 is 29.1 Å². The highest BCUT2D eigenvalue weighted by Crippen LogP contribution is 2.58. The van der Waals surface area contributed by atoms with Gasteiger partial charge in [0.25, 0.3) is 5.91 Å². The lowest BCUT2D eigenvalue weighted by Crippen LogP contribution is -2.56. The second kappa shape index (κ2) is 8.47. The number of aliphatic hydroxyl groups is 1. The Bertz CT molecular complexity index is 1130. The van der Waals surface area contributed by atoms with Crippen molar-refractivity contribution in [2.75, 3.05) is 38.2 Å². The number of amides is 3. The van der Waals surface area contributed by atoms with Crippen LogP contribution in [0.25, 0.3) is 0 Å². The monoisotopic (exact) mass is 499 g/mol. The Hall–Kier alpha value is -2.68. The van der Waals surface area contributed by atoms with Crippen LogP contribution in [0, 0.1) is 18.8 Å². The predicted octanol–water partition coefficient (Wildman–Crippen LogP) is 1.93. The molecule has 4 aliphatic rings. The number of likely N-dealkylation sites (tertiary alicyclic amines) is 1. The number of aryl methyl sites for hydroxylation is 1. The number of hydrogen-bond acceptors (Lipinski definition) is 5. The van der Waals surface area contributed by atoms with Gasteiger partial charge in [0, 0.05) is 26.7 Å². The molecule has 0 aliphatic carbocycles. The van der Waals surface area contributed by atoms with Gasteiger partial charge >= 0.3 is 0 Å². The number of likely N-dealkylation sites (N-methyl/N-ethyl adjacent to an activating group) is 1. The lowest BCUT2D eigenvalue weighted by atomic mass is 9.73. The van der Waals surface area contributed by atoms with Crippen LogP contribution in [-0.2, 0) is 19.1 Å². The van der Waals surface area contributed by atoms with Crippen molar-refractivity contribution in [2.45, 2.75) is 37.5 Å². The summed E-state index contributed by atoms with van der Waals surface area (Å²) in [4.78, 5) is 46.4. The number of anilines is 1. The summed E-state index contributed by atoms with van der Waals surface area (Å²) in [7, 11) is 1.71. The molecule has 186 valence electrons. The molecule has 4 heterocycles. The summed E-state index contributed by atoms with van der Waals surface area (Å²) in [6.45, 7) is 4.12. The normalized spacial score (nSPS) is 34.1. The number of hydrogen-bond donors (Lipinski definition) is 1. The fourth-order valence-electron chi connectivity index (χ4n) is 6.40. The summed E-state index contributed by atoms with van der Waals surface area (Å²) in [5.74, 6) is -2.54. The van der Waals surface area contributed by atoms with Gasteiger partial charge in [-0.3, -0.25) is 14.4 Å². The quantitative estimate of drug-likeness (QED) is 0.639. The average Bonchev–Trinajstić information content (AvgIpc) is 3.12. The Labute approximate surface area is 209 Å². The van der Waals surface area contributed by atoms with Gasteiger partial charge in [-0.15, -0.1) is 0 Å². The maximum atomic E-state index is 14.3. The van der Waals surface area contributed by atoms with Gasteiger partial charge in [-0.2, -0.15) is 0 Å². The topological polar surface area (TPSA) is 90.4 Å². The number of carbonyl (C=O) groups excluding carboxylic acids is 3. The molecule has 4 aliphatic heterocycles. The number of aliphatic hydroxyl groups excluding tert-OH is 1. The van der Waals surface area contributed by atoms with E-state index in [9.17, 15) is 19.5 Å². The molecule has 0 radical (unpaired) electrons. The third-order valence-corrected chi connectivity index (χ3v) is 8.25. The number of halogens is 1. The van der Waals surface area contributed by atoms with Gasteiger partial charge in [0.2, 0.25) is 11.8 Å². The van der Waals surface area contributed by atoms with Gasteiger partial charge in [0.1, 0.15) is 11.6 Å². The van der Waals surface area contributed by atoms with Crippen molar-refractivity contribution in [3.63, 3.8) is 0 Å². The van der Waals surface area contributed by atoms with Crippen molar-refractivity contribution in [2.24, 2.45) is 11.8 Å². The lowest BCUT2D eigenvalue weighted by molar-refractivity contribution is -0.149. The second-order valence-corrected chi connectivity index (χ2v) is 10.2. The van der Waals surface area contributed by atoms with Gasteiger partial charge in [0.05, 0.1) is 34.8 Å². The number of ether oxygens (including phenoxy) is 1. The molecule has 0 saturated carbocycles. The molecule has 0 aromatic heterocycles. The Morgan fingerprint density at radius 3 is 2.51 bits per heavy atom. The molecule has 9 heteroatoms. The molecule has 2 fully saturated rings. The number of β-amino-alcohol motifs (C(OH)–C–C–N with tert-alkyl or cyclic N) is 1. The highest BCUT2D eigenvalue weighted by molar-refractivity contribution is 6.34. The molecular weight excluding hydrogens is 470 g/mol. The Kier molecular flexibility index (Phi) is 5.81. The van der Waals surface area contributed by atoms with E-state index in [0.29, 0.717) is 23.7 Å². The van der Waals surface area contributed by atoms with Crippen LogP contribution in [0.15, 0.2) is 42.5 Å². The summed E-state index contributed by atoms with van der Waals surface area (Å²) < 4.78 is 6.81. The van der Waals surface area contributed by atoms with Crippen LogP contribution in [0.1, 0.15) is 18.9 Å². The number of fused-ring (bicyclic) bond motifs is 2. The molecule has 1 unspecified atom stereocenters. The zero-order chi connectivity index (χ0) is 25.1. The first kappa shape index (κ1) is 24.0. The SMILES string of the molecule is CC[C@@]12C=CCN(C)C(=O)[C@@H]1[C@H]1C(=O)N(CCO)C3C(=O)N(c4c(C)cccc4Cl)CC=C[C@@]31O2. The van der Waals surface area contributed by atoms with Crippen molar-refractivity contribution in [1.82, 2.24) is 9.80 Å². The molecule has 1 aromatic rings. The van der Waals surface area contributed by atoms with Crippen molar-refractivity contribution >= 4 is 35.0 Å². The molecule has 2 saturated heterocycles. The summed E-state index contributed by atoms with van der Waals surface area (Å²) in [6, 6.07) is 4.39. The Morgan fingerprint density at radius 1 is 1.09 bits per heavy atom. The van der Waals surface area contributed by atoms with E-state index in [1.165, 1.54) is 4.90 Å². The second-order valence-electron chi connectivity index (χ2n) is 9.75. The number of rotatable bonds is 4. The average molecular weight is 500 g/mol. The number of para-hydroxylation sites is 1. The maximum absolute atomic E-state index is 14.3. The molecule has 0 bridgehead atoms. The zero-order valence-corrected chi connectivity index (χ0v) is 20.9. The van der Waals surface area contributed by atoms with Gasteiger partial charge < -0.3 is 24.5 Å². The minimum Gasteiger partial charge on any atom is -0.395 e. The van der Waals surface area contributed by atoms with Crippen molar-refractivity contribution < 1.29 is 24.2 Å². The first-order valence-electron chi connectivity index (χ1n) is 12.0. The Morgan fingerprint density at radius 2 is 1.83 bits per heavy atom. The maximum Gasteiger partial charge on any atom is 0.253 e. The van der Waals surface area contributed by atoms with Crippen LogP contribution < -0.4 is 4.90 Å². The van der Waals surface area contributed by atoms with Crippen LogP contribution in [0.3, 0.4) is 0 Å². The first-order chi connectivity index (χ1) is 16.7. The smallest absolute Gasteiger partial charge is 0.253 e. The van der Waals surface area contributed by atoms with Gasteiger partial charge in [0.15, 0.2) is 0 Å². The van der Waals surface area contributed by atoms with Crippen LogP contribution in [0.2, 0.25) is 5.02 Å². The van der Waals surface area contributed by atoms with E-state index in [2.05, 4.69) is 0 Å². The highest BCUT2D eigenvalue weighted by atomic mass is 35.5. The molecule has 3 amide bonds. The highest BCUT2D eigenvalue weighted by Gasteiger charge is 2.75. The Balaban J connectivity index is 1.69. The largest absolute Gasteiger partial charge is 0.395 e. The molecule has 5 rings (SSSR count). The van der Waals surface area contributed by atoms with E-state index in [4.69, 9.17) is 16.3 Å². The summed E-state index contributed by atoms with van der Waals surface area (Å²) in [6.07, 6.45) is 7.89. The van der Waals surface area contributed by atoms with Crippen LogP contribution in [0.4, 0.5) is 5.69 Å². The number of carbonyl (C=O) groups is 3. The zero-order valence-electron chi connectivity index (χ0n) is 20.1. The van der Waals surface area contributed by atoms with Crippen LogP contribution >= 0.6 is 11.6 Å².